The lowest BCUT2D eigenvalue weighted by molar-refractivity contribution is -0.138. The predicted octanol–water partition coefficient (Wildman–Crippen LogP) is 1.92. The van der Waals surface area contributed by atoms with E-state index in [9.17, 15) is 4.79 Å². The van der Waals surface area contributed by atoms with Crippen LogP contribution in [0.4, 0.5) is 0 Å². The lowest BCUT2D eigenvalue weighted by Gasteiger charge is -2.12. The van der Waals surface area contributed by atoms with Gasteiger partial charge in [0.15, 0.2) is 0 Å². The lowest BCUT2D eigenvalue weighted by atomic mass is 9.93. The quantitative estimate of drug-likeness (QED) is 0.609. The van der Waals surface area contributed by atoms with E-state index < -0.39 is 5.97 Å². The second kappa shape index (κ2) is 4.09. The largest absolute Gasteiger partial charge is 0.481 e. The Kier molecular flexibility index (Phi) is 3.77. The maximum absolute atomic E-state index is 10.2. The van der Waals surface area contributed by atoms with Crippen molar-refractivity contribution in [1.82, 2.24) is 0 Å². The van der Waals surface area contributed by atoms with Crippen molar-refractivity contribution in [2.75, 3.05) is 0 Å². The molecule has 58 valence electrons. The van der Waals surface area contributed by atoms with Crippen molar-refractivity contribution in [3.63, 3.8) is 0 Å². The first-order valence-corrected chi connectivity index (χ1v) is 3.42. The van der Waals surface area contributed by atoms with Gasteiger partial charge in [-0.3, -0.25) is 4.79 Å². The molecule has 0 saturated carbocycles. The minimum Gasteiger partial charge on any atom is -0.481 e. The van der Waals surface area contributed by atoms with E-state index in [-0.39, 0.29) is 18.3 Å². The number of carboxylic acid groups (broad SMARTS) is 1. The van der Waals surface area contributed by atoms with Crippen molar-refractivity contribution < 1.29 is 9.90 Å². The lowest BCUT2D eigenvalue weighted by Crippen LogP contribution is -2.10. The Morgan fingerprint density at radius 3 is 2.50 bits per heavy atom. The summed E-state index contributed by atoms with van der Waals surface area (Å²) in [4.78, 5) is 10.2. The molecule has 0 unspecified atom stereocenters. The highest BCUT2D eigenvalue weighted by Crippen LogP contribution is 2.14. The summed E-state index contributed by atoms with van der Waals surface area (Å²) in [6.45, 7) is 7.49. The molecule has 0 amide bonds. The summed E-state index contributed by atoms with van der Waals surface area (Å²) in [6.07, 6.45) is 2.01. The SMILES string of the molecule is C=C[C@@H](C)[C@H](C)CC(=O)O. The first kappa shape index (κ1) is 9.21. The maximum Gasteiger partial charge on any atom is 0.303 e. The van der Waals surface area contributed by atoms with Crippen LogP contribution in [0.5, 0.6) is 0 Å². The molecule has 0 rings (SSSR count). The molecule has 2 nitrogen and oxygen atoms in total. The Morgan fingerprint density at radius 1 is 1.70 bits per heavy atom. The second-order valence-electron chi connectivity index (χ2n) is 2.67. The molecule has 0 aliphatic rings. The van der Waals surface area contributed by atoms with E-state index in [0.29, 0.717) is 0 Å². The summed E-state index contributed by atoms with van der Waals surface area (Å²) in [6, 6.07) is 0. The number of carboxylic acids is 1. The van der Waals surface area contributed by atoms with Crippen LogP contribution in [0.1, 0.15) is 20.3 Å². The molecule has 10 heavy (non-hydrogen) atoms. The van der Waals surface area contributed by atoms with Crippen LogP contribution in [0.25, 0.3) is 0 Å². The minimum atomic E-state index is -0.735. The van der Waals surface area contributed by atoms with Crippen molar-refractivity contribution in [3.8, 4) is 0 Å². The van der Waals surface area contributed by atoms with Crippen LogP contribution in [-0.4, -0.2) is 11.1 Å². The molecule has 0 saturated heterocycles. The van der Waals surface area contributed by atoms with Crippen molar-refractivity contribution in [2.45, 2.75) is 20.3 Å². The highest BCUT2D eigenvalue weighted by atomic mass is 16.4. The van der Waals surface area contributed by atoms with Gasteiger partial charge in [0.2, 0.25) is 0 Å². The zero-order chi connectivity index (χ0) is 8.15. The Labute approximate surface area is 61.6 Å². The van der Waals surface area contributed by atoms with Gasteiger partial charge >= 0.3 is 5.97 Å². The fraction of sp³-hybridized carbons (Fsp3) is 0.625. The first-order valence-electron chi connectivity index (χ1n) is 3.42. The number of allylic oxidation sites excluding steroid dienone is 1. The van der Waals surface area contributed by atoms with E-state index in [2.05, 4.69) is 6.58 Å². The Morgan fingerprint density at radius 2 is 2.20 bits per heavy atom. The third kappa shape index (κ3) is 3.28. The van der Waals surface area contributed by atoms with Crippen LogP contribution in [-0.2, 0) is 4.79 Å². The second-order valence-corrected chi connectivity index (χ2v) is 2.67. The molecule has 2 atom stereocenters. The van der Waals surface area contributed by atoms with Crippen molar-refractivity contribution in [2.24, 2.45) is 11.8 Å². The number of hydrogen-bond acceptors (Lipinski definition) is 1. The van der Waals surface area contributed by atoms with Gasteiger partial charge in [0.25, 0.3) is 0 Å². The summed E-state index contributed by atoms with van der Waals surface area (Å²) in [5.74, 6) is -0.257. The average molecular weight is 142 g/mol. The van der Waals surface area contributed by atoms with Crippen LogP contribution < -0.4 is 0 Å². The molecule has 0 bridgehead atoms. The van der Waals surface area contributed by atoms with E-state index in [1.54, 1.807) is 6.08 Å². The van der Waals surface area contributed by atoms with E-state index in [1.165, 1.54) is 0 Å². The number of hydrogen-bond donors (Lipinski definition) is 1. The maximum atomic E-state index is 10.2. The van der Waals surface area contributed by atoms with Crippen LogP contribution in [0.3, 0.4) is 0 Å². The monoisotopic (exact) mass is 142 g/mol. The van der Waals surface area contributed by atoms with E-state index in [0.717, 1.165) is 0 Å². The summed E-state index contributed by atoms with van der Waals surface area (Å²) >= 11 is 0. The normalized spacial score (nSPS) is 15.8. The zero-order valence-corrected chi connectivity index (χ0v) is 6.50. The van der Waals surface area contributed by atoms with Gasteiger partial charge in [0, 0.05) is 6.42 Å². The Bertz CT molecular complexity index is 129. The third-order valence-corrected chi connectivity index (χ3v) is 1.77. The van der Waals surface area contributed by atoms with Gasteiger partial charge in [-0.1, -0.05) is 19.9 Å². The summed E-state index contributed by atoms with van der Waals surface area (Å²) in [5, 5.41) is 8.39. The summed E-state index contributed by atoms with van der Waals surface area (Å²) < 4.78 is 0. The smallest absolute Gasteiger partial charge is 0.303 e. The molecule has 0 aromatic rings. The first-order chi connectivity index (χ1) is 4.57. The topological polar surface area (TPSA) is 37.3 Å². The highest BCUT2D eigenvalue weighted by Gasteiger charge is 2.11. The van der Waals surface area contributed by atoms with E-state index >= 15 is 0 Å². The molecule has 2 heteroatoms. The molecule has 0 spiro atoms. The van der Waals surface area contributed by atoms with Crippen LogP contribution in [0.2, 0.25) is 0 Å². The predicted molar refractivity (Wildman–Crippen MR) is 40.8 cm³/mol. The molecular formula is C8H14O2. The van der Waals surface area contributed by atoms with Gasteiger partial charge in [-0.05, 0) is 11.8 Å². The van der Waals surface area contributed by atoms with Gasteiger partial charge in [-0.25, -0.2) is 0 Å². The third-order valence-electron chi connectivity index (χ3n) is 1.77. The molecule has 0 aromatic heterocycles. The average Bonchev–Trinajstić information content (AvgIpc) is 1.85. The van der Waals surface area contributed by atoms with Crippen LogP contribution in [0, 0.1) is 11.8 Å². The highest BCUT2D eigenvalue weighted by molar-refractivity contribution is 5.67. The molecular weight excluding hydrogens is 128 g/mol. The Hall–Kier alpha value is -0.790. The van der Waals surface area contributed by atoms with Crippen molar-refractivity contribution >= 4 is 5.97 Å². The minimum absolute atomic E-state index is 0.190. The van der Waals surface area contributed by atoms with Crippen LogP contribution >= 0.6 is 0 Å². The van der Waals surface area contributed by atoms with Crippen LogP contribution in [0.15, 0.2) is 12.7 Å². The summed E-state index contributed by atoms with van der Waals surface area (Å²) in [5.41, 5.74) is 0. The van der Waals surface area contributed by atoms with Gasteiger partial charge < -0.3 is 5.11 Å². The van der Waals surface area contributed by atoms with E-state index in [1.807, 2.05) is 13.8 Å². The van der Waals surface area contributed by atoms with Crippen molar-refractivity contribution in [3.05, 3.63) is 12.7 Å². The van der Waals surface area contributed by atoms with E-state index in [4.69, 9.17) is 5.11 Å². The fourth-order valence-electron chi connectivity index (χ4n) is 0.694. The van der Waals surface area contributed by atoms with Gasteiger partial charge in [-0.15, -0.1) is 6.58 Å². The molecule has 0 heterocycles. The van der Waals surface area contributed by atoms with Gasteiger partial charge in [0.05, 0.1) is 0 Å². The van der Waals surface area contributed by atoms with Crippen molar-refractivity contribution in [1.29, 1.82) is 0 Å². The molecule has 1 N–H and O–H groups in total. The Balaban J connectivity index is 3.71. The number of aliphatic carboxylic acids is 1. The fourth-order valence-corrected chi connectivity index (χ4v) is 0.694. The molecule has 0 aliphatic heterocycles. The van der Waals surface area contributed by atoms with Gasteiger partial charge in [-0.2, -0.15) is 0 Å². The molecule has 0 aliphatic carbocycles. The standard InChI is InChI=1S/C8H14O2/c1-4-6(2)7(3)5-8(9)10/h4,6-7H,1,5H2,2-3H3,(H,9,10)/t6-,7-/m1/s1. The van der Waals surface area contributed by atoms with Gasteiger partial charge in [0.1, 0.15) is 0 Å². The number of rotatable bonds is 4. The zero-order valence-electron chi connectivity index (χ0n) is 6.50. The summed E-state index contributed by atoms with van der Waals surface area (Å²) in [7, 11) is 0. The number of carbonyl (C=O) groups is 1. The molecule has 0 fully saturated rings. The molecule has 0 radical (unpaired) electrons. The molecule has 0 aromatic carbocycles.